The molecule has 0 spiro atoms. The average molecular weight is 323 g/mol. The Bertz CT molecular complexity index is 753. The number of carbonyl (C=O) groups excluding carboxylic acids is 1. The van der Waals surface area contributed by atoms with E-state index in [1.807, 2.05) is 55.5 Å². The lowest BCUT2D eigenvalue weighted by molar-refractivity contribution is -0.124. The van der Waals surface area contributed by atoms with Crippen LogP contribution in [0.5, 0.6) is 11.5 Å². The van der Waals surface area contributed by atoms with E-state index in [0.29, 0.717) is 13.2 Å². The zero-order valence-electron chi connectivity index (χ0n) is 13.7. The van der Waals surface area contributed by atoms with E-state index >= 15 is 0 Å². The number of amides is 1. The van der Waals surface area contributed by atoms with Crippen molar-refractivity contribution in [3.63, 3.8) is 0 Å². The van der Waals surface area contributed by atoms with Crippen LogP contribution < -0.4 is 14.8 Å². The SMILES string of the molecule is CC(NC(=O)C1(c2ccc3c(c2)OCCO3)CC1)c1ccccc1. The summed E-state index contributed by atoms with van der Waals surface area (Å²) in [5, 5.41) is 3.17. The summed E-state index contributed by atoms with van der Waals surface area (Å²) in [7, 11) is 0. The van der Waals surface area contributed by atoms with Gasteiger partial charge in [-0.15, -0.1) is 0 Å². The minimum Gasteiger partial charge on any atom is -0.486 e. The van der Waals surface area contributed by atoms with Crippen molar-refractivity contribution in [3.05, 3.63) is 59.7 Å². The number of ether oxygens (including phenoxy) is 2. The maximum Gasteiger partial charge on any atom is 0.231 e. The highest BCUT2D eigenvalue weighted by Gasteiger charge is 2.51. The molecule has 1 saturated carbocycles. The predicted molar refractivity (Wildman–Crippen MR) is 91.3 cm³/mol. The summed E-state index contributed by atoms with van der Waals surface area (Å²) in [4.78, 5) is 12.9. The van der Waals surface area contributed by atoms with Crippen molar-refractivity contribution in [3.8, 4) is 11.5 Å². The lowest BCUT2D eigenvalue weighted by Gasteiger charge is -2.23. The van der Waals surface area contributed by atoms with E-state index in [0.717, 1.165) is 35.5 Å². The van der Waals surface area contributed by atoms with Crippen LogP contribution in [0.4, 0.5) is 0 Å². The molecule has 1 atom stereocenters. The van der Waals surface area contributed by atoms with Gasteiger partial charge in [-0.1, -0.05) is 36.4 Å². The molecule has 2 aromatic rings. The van der Waals surface area contributed by atoms with E-state index in [1.54, 1.807) is 0 Å². The van der Waals surface area contributed by atoms with Crippen LogP contribution in [-0.2, 0) is 10.2 Å². The molecule has 2 aliphatic rings. The van der Waals surface area contributed by atoms with E-state index < -0.39 is 5.41 Å². The fourth-order valence-electron chi connectivity index (χ4n) is 3.27. The fraction of sp³-hybridized carbons (Fsp3) is 0.350. The zero-order valence-corrected chi connectivity index (χ0v) is 13.7. The van der Waals surface area contributed by atoms with E-state index in [9.17, 15) is 4.79 Å². The van der Waals surface area contributed by atoms with Gasteiger partial charge in [0.15, 0.2) is 11.5 Å². The Morgan fingerprint density at radius 3 is 2.46 bits per heavy atom. The van der Waals surface area contributed by atoms with Crippen molar-refractivity contribution >= 4 is 5.91 Å². The van der Waals surface area contributed by atoms with Crippen LogP contribution in [0.1, 0.15) is 36.9 Å². The second-order valence-electron chi connectivity index (χ2n) is 6.55. The van der Waals surface area contributed by atoms with Gasteiger partial charge < -0.3 is 14.8 Å². The monoisotopic (exact) mass is 323 g/mol. The van der Waals surface area contributed by atoms with Crippen LogP contribution in [-0.4, -0.2) is 19.1 Å². The van der Waals surface area contributed by atoms with Crippen LogP contribution in [0, 0.1) is 0 Å². The summed E-state index contributed by atoms with van der Waals surface area (Å²) in [5.41, 5.74) is 1.71. The molecule has 1 aliphatic carbocycles. The number of benzene rings is 2. The van der Waals surface area contributed by atoms with Gasteiger partial charge in [0.2, 0.25) is 5.91 Å². The summed E-state index contributed by atoms with van der Waals surface area (Å²) >= 11 is 0. The molecule has 1 N–H and O–H groups in total. The van der Waals surface area contributed by atoms with Gasteiger partial charge in [-0.3, -0.25) is 4.79 Å². The smallest absolute Gasteiger partial charge is 0.231 e. The highest BCUT2D eigenvalue weighted by molar-refractivity contribution is 5.91. The van der Waals surface area contributed by atoms with Crippen LogP contribution in [0.3, 0.4) is 0 Å². The summed E-state index contributed by atoms with van der Waals surface area (Å²) in [5.74, 6) is 1.60. The van der Waals surface area contributed by atoms with Crippen LogP contribution in [0.15, 0.2) is 48.5 Å². The van der Waals surface area contributed by atoms with E-state index in [-0.39, 0.29) is 11.9 Å². The molecule has 2 aromatic carbocycles. The van der Waals surface area contributed by atoms with Gasteiger partial charge in [0, 0.05) is 0 Å². The Labute approximate surface area is 141 Å². The molecule has 1 heterocycles. The Balaban J connectivity index is 1.54. The summed E-state index contributed by atoms with van der Waals surface area (Å²) in [6, 6.07) is 15.9. The topological polar surface area (TPSA) is 47.6 Å². The van der Waals surface area contributed by atoms with Crippen molar-refractivity contribution in [1.82, 2.24) is 5.32 Å². The van der Waals surface area contributed by atoms with Gasteiger partial charge in [0.1, 0.15) is 13.2 Å². The van der Waals surface area contributed by atoms with Crippen molar-refractivity contribution in [2.75, 3.05) is 13.2 Å². The summed E-state index contributed by atoms with van der Waals surface area (Å²) < 4.78 is 11.2. The average Bonchev–Trinajstić information content (AvgIpc) is 3.44. The van der Waals surface area contributed by atoms with Crippen LogP contribution in [0.2, 0.25) is 0 Å². The van der Waals surface area contributed by atoms with E-state index in [1.165, 1.54) is 0 Å². The minimum absolute atomic E-state index is 0.00612. The standard InChI is InChI=1S/C20H21NO3/c1-14(15-5-3-2-4-6-15)21-19(22)20(9-10-20)16-7-8-17-18(13-16)24-12-11-23-17/h2-8,13-14H,9-12H2,1H3,(H,21,22). The summed E-state index contributed by atoms with van der Waals surface area (Å²) in [6.45, 7) is 3.15. The highest BCUT2D eigenvalue weighted by Crippen LogP contribution is 2.50. The van der Waals surface area contributed by atoms with Gasteiger partial charge in [-0.05, 0) is 43.0 Å². The van der Waals surface area contributed by atoms with Gasteiger partial charge in [-0.25, -0.2) is 0 Å². The largest absolute Gasteiger partial charge is 0.486 e. The lowest BCUT2D eigenvalue weighted by atomic mass is 9.93. The Morgan fingerprint density at radius 1 is 1.04 bits per heavy atom. The van der Waals surface area contributed by atoms with Gasteiger partial charge >= 0.3 is 0 Å². The Hall–Kier alpha value is -2.49. The molecule has 0 aromatic heterocycles. The van der Waals surface area contributed by atoms with Crippen molar-refractivity contribution in [1.29, 1.82) is 0 Å². The molecule has 1 amide bonds. The Kier molecular flexibility index (Phi) is 3.68. The van der Waals surface area contributed by atoms with E-state index in [2.05, 4.69) is 5.32 Å². The molecule has 4 heteroatoms. The molecule has 1 fully saturated rings. The first-order chi connectivity index (χ1) is 11.7. The number of hydrogen-bond acceptors (Lipinski definition) is 3. The second kappa shape index (κ2) is 5.86. The molecule has 4 nitrogen and oxygen atoms in total. The van der Waals surface area contributed by atoms with Gasteiger partial charge in [0.05, 0.1) is 11.5 Å². The predicted octanol–water partition coefficient (Wildman–Crippen LogP) is 3.37. The lowest BCUT2D eigenvalue weighted by Crippen LogP contribution is -2.36. The normalized spacial score (nSPS) is 18.5. The first kappa shape index (κ1) is 15.1. The molecule has 24 heavy (non-hydrogen) atoms. The highest BCUT2D eigenvalue weighted by atomic mass is 16.6. The molecule has 4 rings (SSSR count). The molecule has 0 radical (unpaired) electrons. The quantitative estimate of drug-likeness (QED) is 0.938. The van der Waals surface area contributed by atoms with Crippen molar-refractivity contribution in [2.24, 2.45) is 0 Å². The second-order valence-corrected chi connectivity index (χ2v) is 6.55. The third-order valence-corrected chi connectivity index (χ3v) is 4.93. The first-order valence-electron chi connectivity index (χ1n) is 8.45. The number of nitrogens with one attached hydrogen (secondary N) is 1. The number of fused-ring (bicyclic) bond motifs is 1. The first-order valence-corrected chi connectivity index (χ1v) is 8.45. The third-order valence-electron chi connectivity index (χ3n) is 4.93. The van der Waals surface area contributed by atoms with Crippen molar-refractivity contribution < 1.29 is 14.3 Å². The van der Waals surface area contributed by atoms with Gasteiger partial charge in [-0.2, -0.15) is 0 Å². The van der Waals surface area contributed by atoms with Crippen LogP contribution in [0.25, 0.3) is 0 Å². The number of carbonyl (C=O) groups is 1. The van der Waals surface area contributed by atoms with Gasteiger partial charge in [0.25, 0.3) is 0 Å². The molecule has 1 aliphatic heterocycles. The zero-order chi connectivity index (χ0) is 16.6. The number of hydrogen-bond donors (Lipinski definition) is 1. The van der Waals surface area contributed by atoms with Crippen LogP contribution >= 0.6 is 0 Å². The molecular formula is C20H21NO3. The summed E-state index contributed by atoms with van der Waals surface area (Å²) in [6.07, 6.45) is 1.75. The molecule has 0 bridgehead atoms. The maximum atomic E-state index is 12.9. The van der Waals surface area contributed by atoms with Crippen molar-refractivity contribution in [2.45, 2.75) is 31.2 Å². The molecule has 124 valence electrons. The van der Waals surface area contributed by atoms with E-state index in [4.69, 9.17) is 9.47 Å². The molecular weight excluding hydrogens is 302 g/mol. The fourth-order valence-corrected chi connectivity index (χ4v) is 3.27. The third kappa shape index (κ3) is 2.62. The molecule has 0 saturated heterocycles. The minimum atomic E-state index is -0.418. The Morgan fingerprint density at radius 2 is 1.75 bits per heavy atom. The number of rotatable bonds is 4. The maximum absolute atomic E-state index is 12.9. The molecule has 1 unspecified atom stereocenters.